The van der Waals surface area contributed by atoms with Gasteiger partial charge in [-0.3, -0.25) is 4.57 Å². The molecule has 2 aromatic heterocycles. The molecule has 0 aliphatic heterocycles. The lowest BCUT2D eigenvalue weighted by atomic mass is 10.3. The zero-order valence-electron chi connectivity index (χ0n) is 8.51. The number of halogens is 2. The summed E-state index contributed by atoms with van der Waals surface area (Å²) < 4.78 is 1.78. The zero-order valence-corrected chi connectivity index (χ0v) is 10.0. The van der Waals surface area contributed by atoms with Crippen LogP contribution in [0.25, 0.3) is 16.9 Å². The Morgan fingerprint density at radius 3 is 2.76 bits per heavy atom. The summed E-state index contributed by atoms with van der Waals surface area (Å²) in [7, 11) is 0. The predicted molar refractivity (Wildman–Crippen MR) is 66.7 cm³/mol. The predicted octanol–water partition coefficient (Wildman–Crippen LogP) is 3.12. The van der Waals surface area contributed by atoms with Crippen LogP contribution in [-0.2, 0) is 0 Å². The summed E-state index contributed by atoms with van der Waals surface area (Å²) in [5.41, 5.74) is 1.79. The fraction of sp³-hybridized carbons (Fsp3) is 0. The number of nitrogens with zero attached hydrogens (tertiary/aromatic N) is 4. The quantitative estimate of drug-likeness (QED) is 0.635. The average Bonchev–Trinajstić information content (AvgIpc) is 2.76. The van der Waals surface area contributed by atoms with E-state index in [1.54, 1.807) is 10.9 Å². The van der Waals surface area contributed by atoms with Crippen LogP contribution in [0.5, 0.6) is 0 Å². The van der Waals surface area contributed by atoms with Crippen molar-refractivity contribution in [1.29, 1.82) is 0 Å². The maximum absolute atomic E-state index is 6.06. The summed E-state index contributed by atoms with van der Waals surface area (Å²) in [6.45, 7) is 0. The number of imidazole rings is 1. The second kappa shape index (κ2) is 3.98. The Balaban J connectivity index is 2.31. The first kappa shape index (κ1) is 10.5. The molecule has 0 aliphatic carbocycles. The van der Waals surface area contributed by atoms with Crippen molar-refractivity contribution in [3.63, 3.8) is 0 Å². The van der Waals surface area contributed by atoms with Crippen molar-refractivity contribution in [2.75, 3.05) is 0 Å². The van der Waals surface area contributed by atoms with Crippen LogP contribution < -0.4 is 0 Å². The summed E-state index contributed by atoms with van der Waals surface area (Å²) in [4.78, 5) is 12.2. The van der Waals surface area contributed by atoms with Crippen LogP contribution in [0.15, 0.2) is 36.8 Å². The minimum Gasteiger partial charge on any atom is -0.282 e. The van der Waals surface area contributed by atoms with Gasteiger partial charge in [0.05, 0.1) is 17.2 Å². The highest BCUT2D eigenvalue weighted by Gasteiger charge is 2.10. The highest BCUT2D eigenvalue weighted by Crippen LogP contribution is 2.22. The number of hydrogen-bond acceptors (Lipinski definition) is 3. The summed E-state index contributed by atoms with van der Waals surface area (Å²) in [6.07, 6.45) is 3.14. The van der Waals surface area contributed by atoms with Gasteiger partial charge in [-0.15, -0.1) is 0 Å². The first-order valence-electron chi connectivity index (χ1n) is 4.86. The van der Waals surface area contributed by atoms with E-state index in [0.717, 1.165) is 11.0 Å². The number of fused-ring (bicyclic) bond motifs is 1. The second-order valence-electron chi connectivity index (χ2n) is 3.41. The van der Waals surface area contributed by atoms with Gasteiger partial charge >= 0.3 is 0 Å². The van der Waals surface area contributed by atoms with Gasteiger partial charge in [0.25, 0.3) is 0 Å². The largest absolute Gasteiger partial charge is 0.282 e. The highest BCUT2D eigenvalue weighted by molar-refractivity contribution is 6.32. The summed E-state index contributed by atoms with van der Waals surface area (Å²) in [6, 6.07) is 7.71. The van der Waals surface area contributed by atoms with Gasteiger partial charge in [-0.25, -0.2) is 9.97 Å². The lowest BCUT2D eigenvalue weighted by molar-refractivity contribution is 0.995. The van der Waals surface area contributed by atoms with Crippen LogP contribution in [0.2, 0.25) is 10.3 Å². The van der Waals surface area contributed by atoms with Crippen molar-refractivity contribution in [3.8, 4) is 5.82 Å². The Bertz CT molecular complexity index is 693. The lowest BCUT2D eigenvalue weighted by Gasteiger charge is -2.04. The summed E-state index contributed by atoms with van der Waals surface area (Å²) in [5, 5.41) is 0.583. The number of para-hydroxylation sites is 2. The topological polar surface area (TPSA) is 43.6 Å². The van der Waals surface area contributed by atoms with Crippen LogP contribution in [0.1, 0.15) is 0 Å². The standard InChI is InChI=1S/C11H6Cl2N4/c12-7-5-14-11(13)16-10(7)17-6-15-8-3-1-2-4-9(8)17/h1-6H. The average molecular weight is 265 g/mol. The van der Waals surface area contributed by atoms with Gasteiger partial charge in [-0.2, -0.15) is 4.98 Å². The van der Waals surface area contributed by atoms with Gasteiger partial charge in [0, 0.05) is 0 Å². The molecule has 2 heterocycles. The molecule has 0 fully saturated rings. The van der Waals surface area contributed by atoms with E-state index in [-0.39, 0.29) is 5.28 Å². The van der Waals surface area contributed by atoms with Gasteiger partial charge in [0.1, 0.15) is 11.3 Å². The molecule has 0 unspecified atom stereocenters. The Labute approximate surface area is 107 Å². The zero-order chi connectivity index (χ0) is 11.8. The molecule has 0 saturated carbocycles. The molecule has 0 N–H and O–H groups in total. The van der Waals surface area contributed by atoms with Crippen LogP contribution in [0.3, 0.4) is 0 Å². The molecule has 3 rings (SSSR count). The SMILES string of the molecule is Clc1ncc(Cl)c(-n2cnc3ccccc32)n1. The Morgan fingerprint density at radius 2 is 1.88 bits per heavy atom. The minimum absolute atomic E-state index is 0.155. The van der Waals surface area contributed by atoms with E-state index in [2.05, 4.69) is 15.0 Å². The van der Waals surface area contributed by atoms with Gasteiger partial charge < -0.3 is 0 Å². The molecule has 4 nitrogen and oxygen atoms in total. The van der Waals surface area contributed by atoms with Crippen molar-refractivity contribution in [2.45, 2.75) is 0 Å². The van der Waals surface area contributed by atoms with E-state index in [0.29, 0.717) is 10.8 Å². The van der Waals surface area contributed by atoms with E-state index in [4.69, 9.17) is 23.2 Å². The molecule has 0 atom stereocenters. The molecule has 6 heteroatoms. The Morgan fingerprint density at radius 1 is 1.06 bits per heavy atom. The summed E-state index contributed by atoms with van der Waals surface area (Å²) in [5.74, 6) is 0.528. The lowest BCUT2D eigenvalue weighted by Crippen LogP contribution is -1.98. The normalized spacial score (nSPS) is 10.9. The molecule has 17 heavy (non-hydrogen) atoms. The number of hydrogen-bond donors (Lipinski definition) is 0. The van der Waals surface area contributed by atoms with E-state index in [1.165, 1.54) is 6.20 Å². The fourth-order valence-electron chi connectivity index (χ4n) is 1.63. The molecule has 0 spiro atoms. The number of aromatic nitrogens is 4. The molecule has 0 radical (unpaired) electrons. The molecule has 3 aromatic rings. The molecule has 0 bridgehead atoms. The third-order valence-corrected chi connectivity index (χ3v) is 2.83. The van der Waals surface area contributed by atoms with Crippen molar-refractivity contribution >= 4 is 34.2 Å². The van der Waals surface area contributed by atoms with Gasteiger partial charge in [0.15, 0.2) is 5.82 Å². The number of benzene rings is 1. The smallest absolute Gasteiger partial charge is 0.224 e. The van der Waals surface area contributed by atoms with E-state index >= 15 is 0 Å². The third kappa shape index (κ3) is 1.75. The van der Waals surface area contributed by atoms with Gasteiger partial charge in [0.2, 0.25) is 5.28 Å². The molecule has 0 amide bonds. The number of rotatable bonds is 1. The van der Waals surface area contributed by atoms with Crippen molar-refractivity contribution in [1.82, 2.24) is 19.5 Å². The maximum atomic E-state index is 6.06. The van der Waals surface area contributed by atoms with E-state index in [1.807, 2.05) is 24.3 Å². The highest BCUT2D eigenvalue weighted by atomic mass is 35.5. The molecule has 0 aliphatic rings. The summed E-state index contributed by atoms with van der Waals surface area (Å²) >= 11 is 11.8. The van der Waals surface area contributed by atoms with Crippen molar-refractivity contribution in [3.05, 3.63) is 47.1 Å². The first-order valence-corrected chi connectivity index (χ1v) is 5.62. The van der Waals surface area contributed by atoms with Gasteiger partial charge in [-0.1, -0.05) is 23.7 Å². The maximum Gasteiger partial charge on any atom is 0.224 e. The van der Waals surface area contributed by atoms with Crippen molar-refractivity contribution < 1.29 is 0 Å². The third-order valence-electron chi connectivity index (χ3n) is 2.38. The Kier molecular flexibility index (Phi) is 2.46. The van der Waals surface area contributed by atoms with Crippen LogP contribution in [0.4, 0.5) is 0 Å². The van der Waals surface area contributed by atoms with Crippen LogP contribution in [-0.4, -0.2) is 19.5 Å². The molecule has 84 valence electrons. The molecule has 1 aromatic carbocycles. The second-order valence-corrected chi connectivity index (χ2v) is 4.16. The van der Waals surface area contributed by atoms with E-state index in [9.17, 15) is 0 Å². The first-order chi connectivity index (χ1) is 8.25. The van der Waals surface area contributed by atoms with Crippen LogP contribution >= 0.6 is 23.2 Å². The molecule has 0 saturated heterocycles. The minimum atomic E-state index is 0.155. The van der Waals surface area contributed by atoms with Crippen LogP contribution in [0, 0.1) is 0 Å². The van der Waals surface area contributed by atoms with Gasteiger partial charge in [-0.05, 0) is 23.7 Å². The fourth-order valence-corrected chi connectivity index (χ4v) is 1.95. The van der Waals surface area contributed by atoms with Crippen molar-refractivity contribution in [2.24, 2.45) is 0 Å². The Hall–Kier alpha value is -1.65. The molecular formula is C11H6Cl2N4. The van der Waals surface area contributed by atoms with E-state index < -0.39 is 0 Å². The molecular weight excluding hydrogens is 259 g/mol. The monoisotopic (exact) mass is 264 g/mol.